The molecule has 3 aromatic rings. The van der Waals surface area contributed by atoms with Crippen LogP contribution in [0.4, 0.5) is 27.7 Å². The second-order valence-corrected chi connectivity index (χ2v) is 11.2. The first-order valence-corrected chi connectivity index (χ1v) is 13.9. The number of anilines is 4. The number of benzene rings is 1. The molecule has 0 aliphatic carbocycles. The van der Waals surface area contributed by atoms with Crippen molar-refractivity contribution in [3.63, 3.8) is 0 Å². The molecule has 2 fully saturated rings. The summed E-state index contributed by atoms with van der Waals surface area (Å²) in [4.78, 5) is 26.5. The predicted molar refractivity (Wildman–Crippen MR) is 151 cm³/mol. The van der Waals surface area contributed by atoms with Crippen molar-refractivity contribution in [2.45, 2.75) is 78.3 Å². The van der Waals surface area contributed by atoms with E-state index in [1.54, 1.807) is 12.3 Å². The lowest BCUT2D eigenvalue weighted by atomic mass is 9.86. The van der Waals surface area contributed by atoms with Crippen molar-refractivity contribution in [1.29, 1.82) is 0 Å². The van der Waals surface area contributed by atoms with Crippen molar-refractivity contribution in [3.8, 4) is 0 Å². The van der Waals surface area contributed by atoms with Crippen molar-refractivity contribution < 1.29 is 9.18 Å². The molecule has 0 saturated carbocycles. The van der Waals surface area contributed by atoms with Crippen LogP contribution in [0.25, 0.3) is 0 Å². The molecule has 3 N–H and O–H groups in total. The number of aromatic nitrogens is 4. The van der Waals surface area contributed by atoms with Crippen LogP contribution in [0, 0.1) is 26.6 Å². The number of halogens is 1. The van der Waals surface area contributed by atoms with Crippen LogP contribution in [-0.2, 0) is 4.79 Å². The van der Waals surface area contributed by atoms with Gasteiger partial charge in [-0.3, -0.25) is 14.8 Å². The number of carbonyl (C=O) groups is 1. The molecule has 1 aromatic carbocycles. The smallest absolute Gasteiger partial charge is 0.239 e. The molecule has 0 spiro atoms. The van der Waals surface area contributed by atoms with Gasteiger partial charge in [0.15, 0.2) is 5.82 Å². The number of hydrogen-bond acceptors (Lipinski definition) is 7. The summed E-state index contributed by atoms with van der Waals surface area (Å²) in [6, 6.07) is 5.73. The lowest BCUT2D eigenvalue weighted by molar-refractivity contribution is -0.137. The van der Waals surface area contributed by atoms with E-state index in [1.807, 2.05) is 37.8 Å². The van der Waals surface area contributed by atoms with Crippen molar-refractivity contribution in [1.82, 2.24) is 30.0 Å². The van der Waals surface area contributed by atoms with Crippen LogP contribution in [0.15, 0.2) is 24.4 Å². The molecule has 0 bridgehead atoms. The zero-order valence-corrected chi connectivity index (χ0v) is 23.5. The summed E-state index contributed by atoms with van der Waals surface area (Å²) in [7, 11) is 0. The number of aryl methyl sites for hydroxylation is 3. The van der Waals surface area contributed by atoms with Crippen LogP contribution in [-0.4, -0.2) is 67.6 Å². The Kier molecular flexibility index (Phi) is 7.83. The molecule has 2 aliphatic heterocycles. The van der Waals surface area contributed by atoms with Gasteiger partial charge in [-0.15, -0.1) is 0 Å². The average Bonchev–Trinajstić information content (AvgIpc) is 3.57. The molecule has 2 aliphatic rings. The fraction of sp³-hybridized carbons (Fsp3) is 0.517. The highest BCUT2D eigenvalue weighted by Gasteiger charge is 2.36. The highest BCUT2D eigenvalue weighted by molar-refractivity contribution is 5.82. The summed E-state index contributed by atoms with van der Waals surface area (Å²) in [6.45, 7) is 12.6. The molecule has 0 unspecified atom stereocenters. The Morgan fingerprint density at radius 2 is 1.82 bits per heavy atom. The predicted octanol–water partition coefficient (Wildman–Crippen LogP) is 5.33. The largest absolute Gasteiger partial charge is 0.341 e. The van der Waals surface area contributed by atoms with Gasteiger partial charge in [0.1, 0.15) is 11.6 Å². The van der Waals surface area contributed by atoms with Gasteiger partial charge in [-0.25, -0.2) is 9.37 Å². The highest BCUT2D eigenvalue weighted by Crippen LogP contribution is 2.34. The third-order valence-corrected chi connectivity index (χ3v) is 8.02. The Hall–Kier alpha value is -3.53. The summed E-state index contributed by atoms with van der Waals surface area (Å²) in [5, 5.41) is 13.3. The number of nitrogens with zero attached hydrogens (tertiary/aromatic N) is 5. The maximum absolute atomic E-state index is 15.3. The fourth-order valence-corrected chi connectivity index (χ4v) is 5.88. The van der Waals surface area contributed by atoms with E-state index >= 15 is 4.39 Å². The van der Waals surface area contributed by atoms with Crippen molar-refractivity contribution in [2.75, 3.05) is 30.3 Å². The molecule has 0 radical (unpaired) electrons. The number of piperidine rings is 1. The standard InChI is InChI=1S/C29H39FN8O/c1-17(2)38-10-6-7-25(38)28(39)37-11-8-21(9-12-37)22-15-23(30)24(13-18(22)3)32-29-31-16-19(4)27(34-29)33-26-14-20(5)35-36-26/h13-17,21,25H,6-12H2,1-5H3,(H3,31,32,33,34,35,36)/t25-/m1/s1. The minimum atomic E-state index is -0.339. The quantitative estimate of drug-likeness (QED) is 0.377. The van der Waals surface area contributed by atoms with Gasteiger partial charge in [-0.2, -0.15) is 10.1 Å². The first-order valence-electron chi connectivity index (χ1n) is 13.9. The number of likely N-dealkylation sites (tertiary alicyclic amines) is 2. The summed E-state index contributed by atoms with van der Waals surface area (Å²) >= 11 is 0. The van der Waals surface area contributed by atoms with Gasteiger partial charge >= 0.3 is 0 Å². The van der Waals surface area contributed by atoms with Gasteiger partial charge in [-0.1, -0.05) is 0 Å². The average molecular weight is 535 g/mol. The van der Waals surface area contributed by atoms with Crippen molar-refractivity contribution in [2.24, 2.45) is 0 Å². The van der Waals surface area contributed by atoms with Gasteiger partial charge in [0.05, 0.1) is 11.7 Å². The second-order valence-electron chi connectivity index (χ2n) is 11.2. The topological polar surface area (TPSA) is 102 Å². The Balaban J connectivity index is 1.24. The Morgan fingerprint density at radius 1 is 1.05 bits per heavy atom. The number of aromatic amines is 1. The number of carbonyl (C=O) groups excluding carboxylic acids is 1. The minimum absolute atomic E-state index is 0.00852. The third-order valence-electron chi connectivity index (χ3n) is 8.02. The van der Waals surface area contributed by atoms with Crippen LogP contribution < -0.4 is 10.6 Å². The molecule has 5 rings (SSSR count). The molecule has 2 saturated heterocycles. The number of nitrogens with one attached hydrogen (secondary N) is 3. The van der Waals surface area contributed by atoms with Crippen molar-refractivity contribution in [3.05, 3.63) is 52.6 Å². The SMILES string of the molecule is Cc1cc(Nc2nc(Nc3cc(C)c(C4CCN(C(=O)[C@H]5CCCN5C(C)C)CC4)cc3F)ncc2C)n[nH]1. The zero-order valence-electron chi connectivity index (χ0n) is 23.5. The number of H-pyrrole nitrogens is 1. The maximum Gasteiger partial charge on any atom is 0.239 e. The summed E-state index contributed by atoms with van der Waals surface area (Å²) < 4.78 is 15.3. The summed E-state index contributed by atoms with van der Waals surface area (Å²) in [5.74, 6) is 1.70. The van der Waals surface area contributed by atoms with Gasteiger partial charge in [0.2, 0.25) is 11.9 Å². The number of rotatable bonds is 7. The Labute approximate surface area is 229 Å². The lowest BCUT2D eigenvalue weighted by Crippen LogP contribution is -2.49. The van der Waals surface area contributed by atoms with Gasteiger partial charge in [0.25, 0.3) is 0 Å². The van der Waals surface area contributed by atoms with Crippen molar-refractivity contribution >= 4 is 29.2 Å². The lowest BCUT2D eigenvalue weighted by Gasteiger charge is -2.37. The maximum atomic E-state index is 15.3. The first kappa shape index (κ1) is 27.1. The molecule has 2 aromatic heterocycles. The third kappa shape index (κ3) is 5.90. The van der Waals surface area contributed by atoms with Gasteiger partial charge < -0.3 is 15.5 Å². The van der Waals surface area contributed by atoms with E-state index in [0.29, 0.717) is 29.3 Å². The summed E-state index contributed by atoms with van der Waals surface area (Å²) in [6.07, 6.45) is 5.41. The molecule has 4 heterocycles. The van der Waals surface area contributed by atoms with Crippen LogP contribution in [0.3, 0.4) is 0 Å². The van der Waals surface area contributed by atoms with Crippen LogP contribution in [0.5, 0.6) is 0 Å². The normalized spacial score (nSPS) is 18.6. The van der Waals surface area contributed by atoms with Gasteiger partial charge in [0, 0.05) is 42.7 Å². The van der Waals surface area contributed by atoms with Crippen LogP contribution >= 0.6 is 0 Å². The first-order chi connectivity index (χ1) is 18.7. The fourth-order valence-electron chi connectivity index (χ4n) is 5.88. The highest BCUT2D eigenvalue weighted by atomic mass is 19.1. The number of hydrogen-bond donors (Lipinski definition) is 3. The van der Waals surface area contributed by atoms with Gasteiger partial charge in [-0.05, 0) is 96.0 Å². The van der Waals surface area contributed by atoms with E-state index in [4.69, 9.17) is 0 Å². The molecule has 9 nitrogen and oxygen atoms in total. The molecule has 39 heavy (non-hydrogen) atoms. The minimum Gasteiger partial charge on any atom is -0.341 e. The molecule has 1 atom stereocenters. The van der Waals surface area contributed by atoms with E-state index < -0.39 is 0 Å². The Bertz CT molecular complexity index is 1330. The van der Waals surface area contributed by atoms with E-state index in [-0.39, 0.29) is 23.7 Å². The molecule has 208 valence electrons. The molecular formula is C29H39FN8O. The van der Waals surface area contributed by atoms with E-state index in [9.17, 15) is 4.79 Å². The molecule has 10 heteroatoms. The van der Waals surface area contributed by atoms with E-state index in [2.05, 4.69) is 49.5 Å². The summed E-state index contributed by atoms with van der Waals surface area (Å²) in [5.41, 5.74) is 4.15. The Morgan fingerprint density at radius 3 is 2.51 bits per heavy atom. The zero-order chi connectivity index (χ0) is 27.7. The molecule has 1 amide bonds. The van der Waals surface area contributed by atoms with E-state index in [0.717, 1.165) is 67.7 Å². The number of amides is 1. The van der Waals surface area contributed by atoms with E-state index in [1.165, 1.54) is 0 Å². The van der Waals surface area contributed by atoms with Crippen LogP contribution in [0.1, 0.15) is 67.8 Å². The monoisotopic (exact) mass is 534 g/mol. The van der Waals surface area contributed by atoms with Crippen LogP contribution in [0.2, 0.25) is 0 Å². The second kappa shape index (κ2) is 11.3. The molecular weight excluding hydrogens is 495 g/mol.